The molecule has 2 fully saturated rings. The van der Waals surface area contributed by atoms with Crippen LogP contribution in [0.2, 0.25) is 0 Å². The summed E-state index contributed by atoms with van der Waals surface area (Å²) in [5.41, 5.74) is -0.0528. The molecule has 1 amide bonds. The molecular weight excluding hydrogens is 300 g/mol. The van der Waals surface area contributed by atoms with E-state index in [4.69, 9.17) is 0 Å². The Morgan fingerprint density at radius 3 is 2.58 bits per heavy atom. The molecular formula is C20H24N2O2. The van der Waals surface area contributed by atoms with E-state index in [-0.39, 0.29) is 11.3 Å². The average molecular weight is 324 g/mol. The third-order valence-electron chi connectivity index (χ3n) is 6.03. The van der Waals surface area contributed by atoms with Crippen LogP contribution in [0.3, 0.4) is 0 Å². The molecule has 126 valence electrons. The number of aromatic nitrogens is 1. The fraction of sp³-hybridized carbons (Fsp3) is 0.500. The Kier molecular flexibility index (Phi) is 3.61. The second kappa shape index (κ2) is 5.55. The average Bonchev–Trinajstić information content (AvgIpc) is 2.59. The number of nitrogens with zero attached hydrogens (tertiary/aromatic N) is 2. The van der Waals surface area contributed by atoms with Crippen molar-refractivity contribution in [3.05, 3.63) is 42.2 Å². The molecule has 0 radical (unpaired) electrons. The first-order valence-electron chi connectivity index (χ1n) is 8.87. The maximum Gasteiger partial charge on any atom is 0.228 e. The highest BCUT2D eigenvalue weighted by molar-refractivity contribution is 5.86. The van der Waals surface area contributed by atoms with E-state index in [0.29, 0.717) is 25.9 Å². The molecule has 4 nitrogen and oxygen atoms in total. The van der Waals surface area contributed by atoms with Crippen molar-refractivity contribution in [3.63, 3.8) is 0 Å². The Balaban J connectivity index is 1.56. The van der Waals surface area contributed by atoms with Crippen molar-refractivity contribution in [1.29, 1.82) is 0 Å². The van der Waals surface area contributed by atoms with Crippen molar-refractivity contribution in [2.45, 2.75) is 44.6 Å². The molecule has 2 heterocycles. The third kappa shape index (κ3) is 2.40. The molecule has 2 aliphatic rings. The van der Waals surface area contributed by atoms with Gasteiger partial charge in [-0.3, -0.25) is 9.78 Å². The lowest BCUT2D eigenvalue weighted by molar-refractivity contribution is -0.150. The van der Waals surface area contributed by atoms with Gasteiger partial charge in [0.15, 0.2) is 0 Å². The summed E-state index contributed by atoms with van der Waals surface area (Å²) in [5, 5.41) is 13.4. The molecule has 1 aromatic carbocycles. The molecule has 1 aromatic heterocycles. The van der Waals surface area contributed by atoms with Gasteiger partial charge in [0.05, 0.1) is 5.60 Å². The van der Waals surface area contributed by atoms with Gasteiger partial charge < -0.3 is 10.0 Å². The lowest BCUT2D eigenvalue weighted by atomic mass is 9.69. The number of carbonyl (C=O) groups excluding carboxylic acids is 1. The maximum absolute atomic E-state index is 12.7. The number of rotatable bonds is 2. The van der Waals surface area contributed by atoms with E-state index in [2.05, 4.69) is 11.9 Å². The van der Waals surface area contributed by atoms with Crippen molar-refractivity contribution < 1.29 is 9.90 Å². The third-order valence-corrected chi connectivity index (χ3v) is 6.03. The van der Waals surface area contributed by atoms with Crippen LogP contribution < -0.4 is 0 Å². The van der Waals surface area contributed by atoms with Crippen molar-refractivity contribution >= 4 is 16.7 Å². The van der Waals surface area contributed by atoms with Gasteiger partial charge in [0.2, 0.25) is 5.91 Å². The van der Waals surface area contributed by atoms with Gasteiger partial charge in [0.1, 0.15) is 0 Å². The first-order valence-corrected chi connectivity index (χ1v) is 8.87. The van der Waals surface area contributed by atoms with E-state index in [0.717, 1.165) is 35.6 Å². The van der Waals surface area contributed by atoms with Crippen LogP contribution in [0.1, 0.15) is 44.6 Å². The number of hydrogen-bond donors (Lipinski definition) is 1. The van der Waals surface area contributed by atoms with Crippen LogP contribution in [0.4, 0.5) is 0 Å². The van der Waals surface area contributed by atoms with Crippen LogP contribution in [0, 0.1) is 5.41 Å². The molecule has 1 aliphatic heterocycles. The Bertz CT molecular complexity index is 769. The summed E-state index contributed by atoms with van der Waals surface area (Å²) in [6.07, 6.45) is 7.95. The van der Waals surface area contributed by atoms with Crippen LogP contribution in [0.25, 0.3) is 10.8 Å². The molecule has 1 saturated carbocycles. The zero-order chi connectivity index (χ0) is 16.8. The van der Waals surface area contributed by atoms with Gasteiger partial charge in [-0.05, 0) is 42.7 Å². The lowest BCUT2D eigenvalue weighted by Gasteiger charge is -2.45. The second-order valence-corrected chi connectivity index (χ2v) is 7.64. The molecule has 4 heteroatoms. The zero-order valence-electron chi connectivity index (χ0n) is 14.2. The summed E-state index contributed by atoms with van der Waals surface area (Å²) >= 11 is 0. The van der Waals surface area contributed by atoms with Gasteiger partial charge in [0.25, 0.3) is 0 Å². The number of hydrogen-bond acceptors (Lipinski definition) is 3. The fourth-order valence-electron chi connectivity index (χ4n) is 4.18. The lowest BCUT2D eigenvalue weighted by Crippen LogP contribution is -2.51. The van der Waals surface area contributed by atoms with E-state index >= 15 is 0 Å². The van der Waals surface area contributed by atoms with E-state index in [9.17, 15) is 9.90 Å². The number of fused-ring (bicyclic) bond motifs is 1. The zero-order valence-corrected chi connectivity index (χ0v) is 14.2. The van der Waals surface area contributed by atoms with Crippen molar-refractivity contribution in [3.8, 4) is 0 Å². The van der Waals surface area contributed by atoms with Crippen molar-refractivity contribution in [1.82, 2.24) is 9.88 Å². The molecule has 1 aliphatic carbocycles. The van der Waals surface area contributed by atoms with Crippen LogP contribution in [-0.2, 0) is 10.4 Å². The Morgan fingerprint density at radius 1 is 1.17 bits per heavy atom. The number of carbonyl (C=O) groups is 1. The summed E-state index contributed by atoms with van der Waals surface area (Å²) in [6.45, 7) is 3.34. The maximum atomic E-state index is 12.7. The highest BCUT2D eigenvalue weighted by Gasteiger charge is 2.44. The molecule has 1 N–H and O–H groups in total. The van der Waals surface area contributed by atoms with Crippen molar-refractivity contribution in [2.24, 2.45) is 5.41 Å². The first kappa shape index (κ1) is 15.6. The molecule has 0 atom stereocenters. The standard InChI is InChI=1S/C20H24N2O2/c1-19(7-3-8-19)18(23)22-12-9-20(24,10-13-22)17-5-2-4-15-14-21-11-6-16(15)17/h2,4-6,11,14,24H,3,7-10,12-13H2,1H3. The number of benzene rings is 1. The van der Waals surface area contributed by atoms with Gasteiger partial charge in [-0.25, -0.2) is 0 Å². The smallest absolute Gasteiger partial charge is 0.228 e. The minimum absolute atomic E-state index is 0.152. The van der Waals surface area contributed by atoms with Crippen LogP contribution in [-0.4, -0.2) is 34.0 Å². The fourth-order valence-corrected chi connectivity index (χ4v) is 4.18. The summed E-state index contributed by atoms with van der Waals surface area (Å²) < 4.78 is 0. The molecule has 2 aromatic rings. The van der Waals surface area contributed by atoms with Gasteiger partial charge in [-0.2, -0.15) is 0 Å². The minimum atomic E-state index is -0.863. The normalized spacial score (nSPS) is 22.2. The topological polar surface area (TPSA) is 53.4 Å². The van der Waals surface area contributed by atoms with E-state index < -0.39 is 5.60 Å². The van der Waals surface area contributed by atoms with E-state index in [1.54, 1.807) is 6.20 Å². The van der Waals surface area contributed by atoms with Crippen LogP contribution in [0.15, 0.2) is 36.7 Å². The summed E-state index contributed by atoms with van der Waals surface area (Å²) in [6, 6.07) is 7.97. The van der Waals surface area contributed by atoms with Gasteiger partial charge >= 0.3 is 0 Å². The molecule has 1 saturated heterocycles. The summed E-state index contributed by atoms with van der Waals surface area (Å²) in [4.78, 5) is 18.8. The van der Waals surface area contributed by atoms with Crippen molar-refractivity contribution in [2.75, 3.05) is 13.1 Å². The molecule has 0 bridgehead atoms. The molecule has 4 rings (SSSR count). The summed E-state index contributed by atoms with van der Waals surface area (Å²) in [5.74, 6) is 0.276. The molecule has 24 heavy (non-hydrogen) atoms. The number of piperidine rings is 1. The largest absolute Gasteiger partial charge is 0.385 e. The molecule has 0 unspecified atom stereocenters. The van der Waals surface area contributed by atoms with Gasteiger partial charge in [-0.15, -0.1) is 0 Å². The highest BCUT2D eigenvalue weighted by atomic mass is 16.3. The minimum Gasteiger partial charge on any atom is -0.385 e. The van der Waals surface area contributed by atoms with E-state index in [1.165, 1.54) is 0 Å². The van der Waals surface area contributed by atoms with Gasteiger partial charge in [0, 0.05) is 36.3 Å². The Labute approximate surface area is 142 Å². The predicted molar refractivity (Wildman–Crippen MR) is 93.4 cm³/mol. The Hall–Kier alpha value is -1.94. The van der Waals surface area contributed by atoms with E-state index in [1.807, 2.05) is 35.4 Å². The number of likely N-dealkylation sites (tertiary alicyclic amines) is 1. The SMILES string of the molecule is CC1(C(=O)N2CCC(O)(c3cccc4cnccc34)CC2)CCC1. The summed E-state index contributed by atoms with van der Waals surface area (Å²) in [7, 11) is 0. The van der Waals surface area contributed by atoms with Gasteiger partial charge in [-0.1, -0.05) is 31.5 Å². The molecule has 0 spiro atoms. The number of pyridine rings is 1. The van der Waals surface area contributed by atoms with Crippen LogP contribution >= 0.6 is 0 Å². The first-order chi connectivity index (χ1) is 11.5. The monoisotopic (exact) mass is 324 g/mol. The number of aliphatic hydroxyl groups is 1. The quantitative estimate of drug-likeness (QED) is 0.923. The predicted octanol–water partition coefficient (Wildman–Crippen LogP) is 3.24. The van der Waals surface area contributed by atoms with Crippen LogP contribution in [0.5, 0.6) is 0 Å². The number of amides is 1. The second-order valence-electron chi connectivity index (χ2n) is 7.64. The highest BCUT2D eigenvalue weighted by Crippen LogP contribution is 2.43. The Morgan fingerprint density at radius 2 is 1.92 bits per heavy atom.